The quantitative estimate of drug-likeness (QED) is 0.665. The van der Waals surface area contributed by atoms with E-state index in [0.717, 1.165) is 0 Å². The smallest absolute Gasteiger partial charge is 0.303 e. The van der Waals surface area contributed by atoms with E-state index in [4.69, 9.17) is 16.7 Å². The fraction of sp³-hybridized carbons (Fsp3) is 0.500. The summed E-state index contributed by atoms with van der Waals surface area (Å²) < 4.78 is 0. The molecule has 0 rings (SSSR count). The molecule has 0 aliphatic heterocycles. The van der Waals surface area contributed by atoms with Crippen LogP contribution in [0.3, 0.4) is 0 Å². The van der Waals surface area contributed by atoms with E-state index in [1.54, 1.807) is 13.0 Å². The Labute approximate surface area is 59.1 Å². The van der Waals surface area contributed by atoms with E-state index in [0.29, 0.717) is 11.5 Å². The highest BCUT2D eigenvalue weighted by Crippen LogP contribution is 2.01. The van der Waals surface area contributed by atoms with E-state index in [1.807, 2.05) is 0 Å². The second-order valence-corrected chi connectivity index (χ2v) is 2.32. The second-order valence-electron chi connectivity index (χ2n) is 1.72. The second kappa shape index (κ2) is 4.39. The van der Waals surface area contributed by atoms with Crippen molar-refractivity contribution in [3.63, 3.8) is 0 Å². The lowest BCUT2D eigenvalue weighted by Gasteiger charge is -1.86. The van der Waals surface area contributed by atoms with Crippen LogP contribution in [0.4, 0.5) is 0 Å². The van der Waals surface area contributed by atoms with Gasteiger partial charge in [-0.2, -0.15) is 0 Å². The molecule has 0 aliphatic rings. The molecule has 2 nitrogen and oxygen atoms in total. The lowest BCUT2D eigenvalue weighted by Crippen LogP contribution is -1.91. The van der Waals surface area contributed by atoms with E-state index in [1.165, 1.54) is 0 Å². The Bertz CT molecular complexity index is 125. The maximum Gasteiger partial charge on any atom is 0.303 e. The van der Waals surface area contributed by atoms with Crippen molar-refractivity contribution in [2.45, 2.75) is 19.8 Å². The van der Waals surface area contributed by atoms with Crippen LogP contribution in [0.5, 0.6) is 0 Å². The summed E-state index contributed by atoms with van der Waals surface area (Å²) in [5.41, 5.74) is 0. The van der Waals surface area contributed by atoms with Gasteiger partial charge in [-0.3, -0.25) is 4.79 Å². The van der Waals surface area contributed by atoms with Crippen LogP contribution in [0.25, 0.3) is 0 Å². The highest BCUT2D eigenvalue weighted by molar-refractivity contribution is 6.29. The molecule has 52 valence electrons. The Morgan fingerprint density at radius 1 is 1.78 bits per heavy atom. The Hall–Kier alpha value is -0.500. The number of rotatable bonds is 3. The van der Waals surface area contributed by atoms with Crippen LogP contribution in [0.2, 0.25) is 0 Å². The zero-order valence-corrected chi connectivity index (χ0v) is 5.98. The lowest BCUT2D eigenvalue weighted by atomic mass is 10.3. The highest BCUT2D eigenvalue weighted by Gasteiger charge is 1.91. The first kappa shape index (κ1) is 8.50. The van der Waals surface area contributed by atoms with Crippen molar-refractivity contribution in [2.75, 3.05) is 0 Å². The molecular weight excluding hydrogens is 140 g/mol. The minimum absolute atomic E-state index is 0.157. The summed E-state index contributed by atoms with van der Waals surface area (Å²) in [6.07, 6.45) is 2.37. The predicted molar refractivity (Wildman–Crippen MR) is 36.5 cm³/mol. The fourth-order valence-electron chi connectivity index (χ4n) is 0.395. The van der Waals surface area contributed by atoms with Crippen molar-refractivity contribution in [1.82, 2.24) is 0 Å². The molecule has 3 heteroatoms. The first-order valence-electron chi connectivity index (χ1n) is 2.67. The molecule has 0 aromatic carbocycles. The van der Waals surface area contributed by atoms with Gasteiger partial charge in [0.25, 0.3) is 0 Å². The van der Waals surface area contributed by atoms with Gasteiger partial charge in [0, 0.05) is 11.5 Å². The van der Waals surface area contributed by atoms with Crippen molar-refractivity contribution in [2.24, 2.45) is 0 Å². The molecule has 0 saturated heterocycles. The molecule has 0 amide bonds. The topological polar surface area (TPSA) is 37.3 Å². The van der Waals surface area contributed by atoms with E-state index in [9.17, 15) is 4.79 Å². The van der Waals surface area contributed by atoms with Gasteiger partial charge in [0.2, 0.25) is 0 Å². The number of hydrogen-bond acceptors (Lipinski definition) is 1. The summed E-state index contributed by atoms with van der Waals surface area (Å²) in [5, 5.41) is 8.80. The van der Waals surface area contributed by atoms with Gasteiger partial charge in [-0.15, -0.1) is 0 Å². The molecule has 1 N–H and O–H groups in total. The van der Waals surface area contributed by atoms with Crippen molar-refractivity contribution >= 4 is 17.6 Å². The average molecular weight is 149 g/mol. The predicted octanol–water partition coefficient (Wildman–Crippen LogP) is 1.99. The third-order valence-corrected chi connectivity index (χ3v) is 0.938. The Morgan fingerprint density at radius 2 is 2.33 bits per heavy atom. The lowest BCUT2D eigenvalue weighted by molar-refractivity contribution is -0.136. The number of carbonyl (C=O) groups is 1. The Kier molecular flexibility index (Phi) is 4.14. The average Bonchev–Trinajstić information content (AvgIpc) is 1.63. The normalized spacial score (nSPS) is 11.6. The van der Waals surface area contributed by atoms with Gasteiger partial charge in [0.05, 0.1) is 0 Å². The van der Waals surface area contributed by atoms with Gasteiger partial charge in [-0.25, -0.2) is 0 Å². The largest absolute Gasteiger partial charge is 0.481 e. The maximum absolute atomic E-state index is 9.91. The van der Waals surface area contributed by atoms with Gasteiger partial charge >= 0.3 is 5.97 Å². The number of hydrogen-bond donors (Lipinski definition) is 1. The monoisotopic (exact) mass is 148 g/mol. The third-order valence-electron chi connectivity index (χ3n) is 0.784. The summed E-state index contributed by atoms with van der Waals surface area (Å²) >= 11 is 5.43. The molecule has 0 atom stereocenters. The molecule has 0 aromatic rings. The minimum Gasteiger partial charge on any atom is -0.481 e. The van der Waals surface area contributed by atoms with Crippen molar-refractivity contribution in [3.05, 3.63) is 11.1 Å². The van der Waals surface area contributed by atoms with Gasteiger partial charge in [0.15, 0.2) is 0 Å². The standard InChI is InChI=1S/C6H9ClO2/c1-5(7)3-2-4-6(8)9/h3H,2,4H2,1H3,(H,8,9)/b5-3+. The van der Waals surface area contributed by atoms with Crippen molar-refractivity contribution in [3.8, 4) is 0 Å². The van der Waals surface area contributed by atoms with Crippen LogP contribution in [-0.4, -0.2) is 11.1 Å². The fourth-order valence-corrected chi connectivity index (χ4v) is 0.504. The number of halogens is 1. The third kappa shape index (κ3) is 7.50. The molecular formula is C6H9ClO2. The molecule has 0 radical (unpaired) electrons. The van der Waals surface area contributed by atoms with Crippen LogP contribution >= 0.6 is 11.6 Å². The van der Waals surface area contributed by atoms with E-state index in [2.05, 4.69) is 0 Å². The summed E-state index contributed by atoms with van der Waals surface area (Å²) in [4.78, 5) is 9.91. The van der Waals surface area contributed by atoms with Crippen LogP contribution < -0.4 is 0 Å². The Morgan fingerprint density at radius 3 is 2.67 bits per heavy atom. The minimum atomic E-state index is -0.788. The van der Waals surface area contributed by atoms with E-state index >= 15 is 0 Å². The van der Waals surface area contributed by atoms with Crippen LogP contribution in [0.1, 0.15) is 19.8 Å². The van der Waals surface area contributed by atoms with Crippen LogP contribution in [-0.2, 0) is 4.79 Å². The molecule has 0 unspecified atom stereocenters. The molecule has 0 bridgehead atoms. The molecule has 0 heterocycles. The zero-order chi connectivity index (χ0) is 7.28. The molecule has 0 spiro atoms. The van der Waals surface area contributed by atoms with Gasteiger partial charge in [-0.1, -0.05) is 17.7 Å². The van der Waals surface area contributed by atoms with Crippen molar-refractivity contribution in [1.29, 1.82) is 0 Å². The van der Waals surface area contributed by atoms with Gasteiger partial charge < -0.3 is 5.11 Å². The summed E-state index contributed by atoms with van der Waals surface area (Å²) in [6, 6.07) is 0. The van der Waals surface area contributed by atoms with E-state index < -0.39 is 5.97 Å². The highest BCUT2D eigenvalue weighted by atomic mass is 35.5. The zero-order valence-electron chi connectivity index (χ0n) is 5.22. The first-order chi connectivity index (χ1) is 4.13. The van der Waals surface area contributed by atoms with Crippen LogP contribution in [0, 0.1) is 0 Å². The number of aliphatic carboxylic acids is 1. The maximum atomic E-state index is 9.91. The molecule has 0 aliphatic carbocycles. The molecule has 0 fully saturated rings. The first-order valence-corrected chi connectivity index (χ1v) is 3.05. The summed E-state index contributed by atoms with van der Waals surface area (Å²) in [6.45, 7) is 1.73. The molecule has 9 heavy (non-hydrogen) atoms. The summed E-state index contributed by atoms with van der Waals surface area (Å²) in [5.74, 6) is -0.788. The Balaban J connectivity index is 3.31. The summed E-state index contributed by atoms with van der Waals surface area (Å²) in [7, 11) is 0. The molecule has 0 aromatic heterocycles. The number of allylic oxidation sites excluding steroid dienone is 2. The van der Waals surface area contributed by atoms with E-state index in [-0.39, 0.29) is 6.42 Å². The van der Waals surface area contributed by atoms with Gasteiger partial charge in [-0.05, 0) is 13.3 Å². The van der Waals surface area contributed by atoms with Gasteiger partial charge in [0.1, 0.15) is 0 Å². The van der Waals surface area contributed by atoms with Crippen molar-refractivity contribution < 1.29 is 9.90 Å². The van der Waals surface area contributed by atoms with Crippen LogP contribution in [0.15, 0.2) is 11.1 Å². The number of carboxylic acids is 1. The SMILES string of the molecule is C/C(Cl)=C\CCC(=O)O. The molecule has 0 saturated carbocycles. The number of carboxylic acid groups (broad SMARTS) is 1.